The van der Waals surface area contributed by atoms with Crippen LogP contribution in [0.4, 0.5) is 5.69 Å². The lowest BCUT2D eigenvalue weighted by Crippen LogP contribution is -2.34. The van der Waals surface area contributed by atoms with Crippen LogP contribution in [0.3, 0.4) is 0 Å². The third-order valence-electron chi connectivity index (χ3n) is 4.53. The normalized spacial score (nSPS) is 30.0. The molecule has 3 unspecified atom stereocenters. The molecule has 1 aliphatic heterocycles. The van der Waals surface area contributed by atoms with E-state index >= 15 is 0 Å². The van der Waals surface area contributed by atoms with Gasteiger partial charge in [0.15, 0.2) is 0 Å². The molecule has 0 bridgehead atoms. The Balaban J connectivity index is 1.98. The molecule has 100 valence electrons. The van der Waals surface area contributed by atoms with Gasteiger partial charge in [0.05, 0.1) is 6.04 Å². The molecule has 3 atom stereocenters. The van der Waals surface area contributed by atoms with Crippen molar-refractivity contribution in [1.82, 2.24) is 4.90 Å². The number of imide groups is 1. The number of hydrogen-bond donors (Lipinski definition) is 1. The number of hydrogen-bond acceptors (Lipinski definition) is 3. The molecule has 4 heteroatoms. The highest BCUT2D eigenvalue weighted by Gasteiger charge is 2.47. The second-order valence-electron chi connectivity index (χ2n) is 5.64. The molecule has 2 aliphatic rings. The molecule has 3 rings (SSSR count). The molecule has 0 saturated carbocycles. The van der Waals surface area contributed by atoms with Crippen LogP contribution in [-0.2, 0) is 16.0 Å². The summed E-state index contributed by atoms with van der Waals surface area (Å²) < 4.78 is 0. The number of likely N-dealkylation sites (tertiary alicyclic amines) is 1. The molecule has 1 aromatic carbocycles. The highest BCUT2D eigenvalue weighted by molar-refractivity contribution is 6.05. The lowest BCUT2D eigenvalue weighted by molar-refractivity contribution is -0.142. The van der Waals surface area contributed by atoms with Gasteiger partial charge in [0.25, 0.3) is 0 Å². The number of anilines is 1. The highest BCUT2D eigenvalue weighted by atomic mass is 16.2. The average Bonchev–Trinajstić information content (AvgIpc) is 2.86. The Kier molecular flexibility index (Phi) is 2.62. The van der Waals surface area contributed by atoms with Gasteiger partial charge in [-0.1, -0.05) is 19.9 Å². The Morgan fingerprint density at radius 1 is 1.16 bits per heavy atom. The summed E-state index contributed by atoms with van der Waals surface area (Å²) in [6.07, 6.45) is 1.70. The molecule has 1 aromatic rings. The largest absolute Gasteiger partial charge is 0.399 e. The summed E-state index contributed by atoms with van der Waals surface area (Å²) in [7, 11) is 0. The lowest BCUT2D eigenvalue weighted by atomic mass is 10.00. The molecule has 2 N–H and O–H groups in total. The number of carbonyl (C=O) groups excluding carboxylic acids is 2. The molecule has 1 heterocycles. The maximum Gasteiger partial charge on any atom is 0.233 e. The highest BCUT2D eigenvalue weighted by Crippen LogP contribution is 2.41. The van der Waals surface area contributed by atoms with E-state index in [9.17, 15) is 9.59 Å². The fraction of sp³-hybridized carbons (Fsp3) is 0.467. The quantitative estimate of drug-likeness (QED) is 0.618. The number of nitrogens with zero attached hydrogens (tertiary/aromatic N) is 1. The van der Waals surface area contributed by atoms with Crippen LogP contribution in [0.15, 0.2) is 18.2 Å². The van der Waals surface area contributed by atoms with Crippen molar-refractivity contribution in [2.45, 2.75) is 32.7 Å². The van der Waals surface area contributed by atoms with E-state index in [4.69, 9.17) is 5.73 Å². The zero-order chi connectivity index (χ0) is 13.7. The van der Waals surface area contributed by atoms with Crippen LogP contribution in [0.1, 0.15) is 37.4 Å². The Morgan fingerprint density at radius 2 is 1.79 bits per heavy atom. The average molecular weight is 258 g/mol. The number of fused-ring (bicyclic) bond motifs is 1. The van der Waals surface area contributed by atoms with Crippen molar-refractivity contribution in [2.75, 3.05) is 5.73 Å². The van der Waals surface area contributed by atoms with Crippen LogP contribution >= 0.6 is 0 Å². The van der Waals surface area contributed by atoms with Gasteiger partial charge in [0, 0.05) is 17.5 Å². The van der Waals surface area contributed by atoms with Gasteiger partial charge in [0.1, 0.15) is 0 Å². The third-order valence-corrected chi connectivity index (χ3v) is 4.53. The minimum absolute atomic E-state index is 0.0350. The summed E-state index contributed by atoms with van der Waals surface area (Å²) in [5.41, 5.74) is 8.76. The Labute approximate surface area is 112 Å². The van der Waals surface area contributed by atoms with Crippen molar-refractivity contribution in [2.24, 2.45) is 11.8 Å². The molecule has 1 aliphatic carbocycles. The van der Waals surface area contributed by atoms with Crippen LogP contribution in [0.5, 0.6) is 0 Å². The number of nitrogens with two attached hydrogens (primary N) is 1. The van der Waals surface area contributed by atoms with Gasteiger partial charge in [-0.3, -0.25) is 14.5 Å². The summed E-state index contributed by atoms with van der Waals surface area (Å²) >= 11 is 0. The predicted octanol–water partition coefficient (Wildman–Crippen LogP) is 1.90. The second-order valence-corrected chi connectivity index (χ2v) is 5.64. The van der Waals surface area contributed by atoms with E-state index in [-0.39, 0.29) is 29.7 Å². The van der Waals surface area contributed by atoms with Gasteiger partial charge in [-0.25, -0.2) is 0 Å². The van der Waals surface area contributed by atoms with E-state index in [1.54, 1.807) is 0 Å². The molecular weight excluding hydrogens is 240 g/mol. The number of amides is 2. The molecular formula is C15H18N2O2. The van der Waals surface area contributed by atoms with Gasteiger partial charge in [-0.05, 0) is 36.1 Å². The van der Waals surface area contributed by atoms with E-state index < -0.39 is 0 Å². The Bertz CT molecular complexity index is 547. The molecule has 4 nitrogen and oxygen atoms in total. The van der Waals surface area contributed by atoms with Gasteiger partial charge >= 0.3 is 0 Å². The Hall–Kier alpha value is -1.84. The number of rotatable bonds is 1. The maximum absolute atomic E-state index is 12.3. The zero-order valence-corrected chi connectivity index (χ0v) is 11.2. The minimum atomic E-state index is -0.203. The Morgan fingerprint density at radius 3 is 2.42 bits per heavy atom. The van der Waals surface area contributed by atoms with Gasteiger partial charge < -0.3 is 5.73 Å². The van der Waals surface area contributed by atoms with Gasteiger partial charge in [-0.15, -0.1) is 0 Å². The first-order chi connectivity index (χ1) is 9.00. The standard InChI is InChI=1S/C15H18N2O2/c1-8-9(2)15(19)17(14(8)18)13-6-3-10-7-11(16)4-5-12(10)13/h4-5,7-9,13H,3,6,16H2,1-2H3. The molecule has 0 aromatic heterocycles. The van der Waals surface area contributed by atoms with E-state index in [0.717, 1.165) is 29.7 Å². The summed E-state index contributed by atoms with van der Waals surface area (Å²) in [4.78, 5) is 26.0. The molecule has 0 radical (unpaired) electrons. The summed E-state index contributed by atoms with van der Waals surface area (Å²) in [5.74, 6) is -0.477. The van der Waals surface area contributed by atoms with Crippen molar-refractivity contribution < 1.29 is 9.59 Å². The SMILES string of the molecule is CC1C(=O)N(C2CCc3cc(N)ccc32)C(=O)C1C. The smallest absolute Gasteiger partial charge is 0.233 e. The fourth-order valence-corrected chi connectivity index (χ4v) is 3.17. The first kappa shape index (κ1) is 12.2. The van der Waals surface area contributed by atoms with Crippen molar-refractivity contribution in [3.63, 3.8) is 0 Å². The predicted molar refractivity (Wildman–Crippen MR) is 72.1 cm³/mol. The van der Waals surface area contributed by atoms with E-state index in [1.165, 1.54) is 4.90 Å². The minimum Gasteiger partial charge on any atom is -0.399 e. The van der Waals surface area contributed by atoms with Crippen LogP contribution in [0, 0.1) is 11.8 Å². The monoisotopic (exact) mass is 258 g/mol. The van der Waals surface area contributed by atoms with Gasteiger partial charge in [0.2, 0.25) is 11.8 Å². The molecule has 1 saturated heterocycles. The first-order valence-electron chi connectivity index (χ1n) is 6.76. The number of nitrogen functional groups attached to an aromatic ring is 1. The second kappa shape index (κ2) is 4.08. The van der Waals surface area contributed by atoms with Crippen LogP contribution in [0.25, 0.3) is 0 Å². The topological polar surface area (TPSA) is 63.4 Å². The van der Waals surface area contributed by atoms with Crippen LogP contribution in [0.2, 0.25) is 0 Å². The van der Waals surface area contributed by atoms with Crippen molar-refractivity contribution in [1.29, 1.82) is 0 Å². The maximum atomic E-state index is 12.3. The molecule has 2 amide bonds. The van der Waals surface area contributed by atoms with E-state index in [0.29, 0.717) is 0 Å². The van der Waals surface area contributed by atoms with Crippen LogP contribution < -0.4 is 5.73 Å². The van der Waals surface area contributed by atoms with Crippen molar-refractivity contribution in [3.05, 3.63) is 29.3 Å². The van der Waals surface area contributed by atoms with E-state index in [2.05, 4.69) is 0 Å². The fourth-order valence-electron chi connectivity index (χ4n) is 3.17. The first-order valence-corrected chi connectivity index (χ1v) is 6.76. The van der Waals surface area contributed by atoms with Gasteiger partial charge in [-0.2, -0.15) is 0 Å². The number of carbonyl (C=O) groups is 2. The third kappa shape index (κ3) is 1.66. The van der Waals surface area contributed by atoms with Crippen molar-refractivity contribution in [3.8, 4) is 0 Å². The number of aryl methyl sites for hydroxylation is 1. The molecule has 1 fully saturated rings. The molecule has 0 spiro atoms. The van der Waals surface area contributed by atoms with E-state index in [1.807, 2.05) is 32.0 Å². The number of benzene rings is 1. The van der Waals surface area contributed by atoms with Crippen LogP contribution in [-0.4, -0.2) is 16.7 Å². The van der Waals surface area contributed by atoms with Crippen molar-refractivity contribution >= 4 is 17.5 Å². The molecule has 19 heavy (non-hydrogen) atoms. The summed E-state index contributed by atoms with van der Waals surface area (Å²) in [5, 5.41) is 0. The zero-order valence-electron chi connectivity index (χ0n) is 11.2. The summed E-state index contributed by atoms with van der Waals surface area (Å²) in [6.45, 7) is 3.67. The summed E-state index contributed by atoms with van der Waals surface area (Å²) in [6, 6.07) is 5.65. The lowest BCUT2D eigenvalue weighted by Gasteiger charge is -2.23.